The molecule has 1 fully saturated rings. The molecular weight excluding hydrogens is 516 g/mol. The van der Waals surface area contributed by atoms with E-state index in [9.17, 15) is 4.79 Å². The van der Waals surface area contributed by atoms with Crippen LogP contribution in [0.3, 0.4) is 0 Å². The quantitative estimate of drug-likeness (QED) is 0.278. The van der Waals surface area contributed by atoms with Crippen LogP contribution in [0.4, 0.5) is 11.4 Å². The molecule has 0 amide bonds. The zero-order valence-electron chi connectivity index (χ0n) is 23.8. The molecule has 2 heterocycles. The number of carbonyl (C=O) groups is 1. The van der Waals surface area contributed by atoms with E-state index in [4.69, 9.17) is 18.9 Å². The Hall–Kier alpha value is -4.49. The molecule has 0 radical (unpaired) electrons. The minimum Gasteiger partial charge on any atom is -0.497 e. The third kappa shape index (κ3) is 4.76. The van der Waals surface area contributed by atoms with Gasteiger partial charge in [-0.05, 0) is 60.0 Å². The highest BCUT2D eigenvalue weighted by molar-refractivity contribution is 6.04. The summed E-state index contributed by atoms with van der Waals surface area (Å²) in [6.45, 7) is 3.03. The molecule has 0 N–H and O–H groups in total. The maximum atomic E-state index is 13.0. The molecule has 41 heavy (non-hydrogen) atoms. The third-order valence-electron chi connectivity index (χ3n) is 7.98. The second kappa shape index (κ2) is 10.8. The minimum atomic E-state index is -0.944. The van der Waals surface area contributed by atoms with Crippen molar-refractivity contribution in [3.05, 3.63) is 101 Å². The van der Waals surface area contributed by atoms with E-state index in [1.54, 1.807) is 7.11 Å². The normalized spacial score (nSPS) is 18.0. The number of methoxy groups -OCH3 is 2. The van der Waals surface area contributed by atoms with Crippen LogP contribution >= 0.6 is 0 Å². The number of anilines is 2. The average molecular weight is 551 g/mol. The predicted molar refractivity (Wildman–Crippen MR) is 163 cm³/mol. The number of morpholine rings is 1. The number of ether oxygens (including phenoxy) is 4. The molecule has 6 rings (SSSR count). The topological polar surface area (TPSA) is 60.5 Å². The van der Waals surface area contributed by atoms with E-state index in [1.165, 1.54) is 7.11 Å². The van der Waals surface area contributed by atoms with Gasteiger partial charge in [0.05, 0.1) is 33.0 Å². The van der Waals surface area contributed by atoms with E-state index in [-0.39, 0.29) is 0 Å². The highest BCUT2D eigenvalue weighted by atomic mass is 16.5. The van der Waals surface area contributed by atoms with Crippen molar-refractivity contribution in [2.75, 3.05) is 64.4 Å². The molecule has 7 nitrogen and oxygen atoms in total. The molecular formula is C34H34N2O5. The molecule has 0 aromatic heterocycles. The van der Waals surface area contributed by atoms with Gasteiger partial charge in [-0.3, -0.25) is 0 Å². The first-order valence-corrected chi connectivity index (χ1v) is 13.8. The monoisotopic (exact) mass is 550 g/mol. The molecule has 4 aromatic rings. The number of esters is 1. The first-order chi connectivity index (χ1) is 19.9. The minimum absolute atomic E-state index is 0.402. The summed E-state index contributed by atoms with van der Waals surface area (Å²) in [5, 5.41) is 1.84. The molecule has 0 bridgehead atoms. The molecule has 0 aliphatic carbocycles. The van der Waals surface area contributed by atoms with Crippen LogP contribution in [-0.4, -0.2) is 60.6 Å². The summed E-state index contributed by atoms with van der Waals surface area (Å²) >= 11 is 0. The van der Waals surface area contributed by atoms with E-state index in [1.807, 2.05) is 56.6 Å². The standard InChI is InChI=1S/C34H34N2O5/c1-35(2)26-11-6-24(7-12-26)34(25-8-13-28(38-3)14-9-25)16-15-29-31(33(37)39-4)21-23-5-10-27(22-30(23)32(29)41-34)36-17-19-40-20-18-36/h5-16,21-22H,17-20H2,1-4H3. The van der Waals surface area contributed by atoms with Crippen molar-refractivity contribution < 1.29 is 23.7 Å². The summed E-state index contributed by atoms with van der Waals surface area (Å²) in [7, 11) is 7.11. The fraction of sp³-hybridized carbons (Fsp3) is 0.265. The van der Waals surface area contributed by atoms with E-state index in [0.29, 0.717) is 30.1 Å². The Morgan fingerprint density at radius 2 is 1.59 bits per heavy atom. The Labute approximate surface area is 240 Å². The molecule has 1 saturated heterocycles. The molecule has 1 unspecified atom stereocenters. The maximum absolute atomic E-state index is 13.0. The van der Waals surface area contributed by atoms with Crippen LogP contribution in [-0.2, 0) is 15.1 Å². The molecule has 1 atom stereocenters. The van der Waals surface area contributed by atoms with Crippen LogP contribution in [0.1, 0.15) is 27.0 Å². The lowest BCUT2D eigenvalue weighted by Gasteiger charge is -2.37. The van der Waals surface area contributed by atoms with Gasteiger partial charge in [-0.2, -0.15) is 0 Å². The van der Waals surface area contributed by atoms with Crippen molar-refractivity contribution in [3.63, 3.8) is 0 Å². The molecule has 7 heteroatoms. The average Bonchev–Trinajstić information content (AvgIpc) is 3.04. The van der Waals surface area contributed by atoms with Gasteiger partial charge < -0.3 is 28.7 Å². The number of nitrogens with zero attached hydrogens (tertiary/aromatic N) is 2. The van der Waals surface area contributed by atoms with Crippen LogP contribution in [0.15, 0.2) is 78.9 Å². The van der Waals surface area contributed by atoms with E-state index >= 15 is 0 Å². The van der Waals surface area contributed by atoms with Crippen molar-refractivity contribution in [2.45, 2.75) is 5.60 Å². The highest BCUT2D eigenvalue weighted by Crippen LogP contribution is 2.47. The molecule has 4 aromatic carbocycles. The van der Waals surface area contributed by atoms with Gasteiger partial charge in [0.2, 0.25) is 0 Å². The van der Waals surface area contributed by atoms with Crippen molar-refractivity contribution in [1.82, 2.24) is 0 Å². The second-order valence-electron chi connectivity index (χ2n) is 10.5. The maximum Gasteiger partial charge on any atom is 0.338 e. The largest absolute Gasteiger partial charge is 0.497 e. The van der Waals surface area contributed by atoms with E-state index in [0.717, 1.165) is 52.1 Å². The first-order valence-electron chi connectivity index (χ1n) is 13.8. The number of benzene rings is 4. The summed E-state index contributed by atoms with van der Waals surface area (Å²) in [4.78, 5) is 17.4. The lowest BCUT2D eigenvalue weighted by molar-refractivity contribution is 0.0599. The van der Waals surface area contributed by atoms with Crippen LogP contribution in [0.25, 0.3) is 16.8 Å². The fourth-order valence-electron chi connectivity index (χ4n) is 5.66. The molecule has 0 spiro atoms. The van der Waals surface area contributed by atoms with Crippen LogP contribution in [0, 0.1) is 0 Å². The van der Waals surface area contributed by atoms with Crippen molar-refractivity contribution in [2.24, 2.45) is 0 Å². The fourth-order valence-corrected chi connectivity index (χ4v) is 5.66. The summed E-state index contributed by atoms with van der Waals surface area (Å²) in [5.74, 6) is 1.01. The van der Waals surface area contributed by atoms with Gasteiger partial charge in [-0.1, -0.05) is 30.3 Å². The number of hydrogen-bond acceptors (Lipinski definition) is 7. The SMILES string of the molecule is COC(=O)c1cc2ccc(N3CCOCC3)cc2c2c1C=CC(c1ccc(OC)cc1)(c1ccc(N(C)C)cc1)O2. The third-order valence-corrected chi connectivity index (χ3v) is 7.98. The lowest BCUT2D eigenvalue weighted by atomic mass is 9.82. The van der Waals surface area contributed by atoms with Crippen LogP contribution in [0.2, 0.25) is 0 Å². The van der Waals surface area contributed by atoms with E-state index < -0.39 is 11.6 Å². The van der Waals surface area contributed by atoms with Crippen molar-refractivity contribution in [1.29, 1.82) is 0 Å². The molecule has 2 aliphatic heterocycles. The highest BCUT2D eigenvalue weighted by Gasteiger charge is 2.39. The van der Waals surface area contributed by atoms with Gasteiger partial charge in [0.15, 0.2) is 5.60 Å². The Morgan fingerprint density at radius 1 is 0.902 bits per heavy atom. The van der Waals surface area contributed by atoms with Crippen molar-refractivity contribution >= 4 is 34.2 Å². The smallest absolute Gasteiger partial charge is 0.338 e. The summed E-state index contributed by atoms with van der Waals surface area (Å²) in [6.07, 6.45) is 4.03. The van der Waals surface area contributed by atoms with Gasteiger partial charge in [0.1, 0.15) is 11.5 Å². The number of fused-ring (bicyclic) bond motifs is 3. The summed E-state index contributed by atoms with van der Waals surface area (Å²) < 4.78 is 23.4. The Kier molecular flexibility index (Phi) is 7.05. The molecule has 210 valence electrons. The zero-order valence-corrected chi connectivity index (χ0v) is 23.8. The van der Waals surface area contributed by atoms with E-state index in [2.05, 4.69) is 52.3 Å². The number of rotatable bonds is 6. The van der Waals surface area contributed by atoms with Crippen LogP contribution < -0.4 is 19.3 Å². The van der Waals surface area contributed by atoms with Crippen molar-refractivity contribution in [3.8, 4) is 11.5 Å². The summed E-state index contributed by atoms with van der Waals surface area (Å²) in [5.41, 5.74) is 4.33. The van der Waals surface area contributed by atoms with Gasteiger partial charge in [0, 0.05) is 60.6 Å². The second-order valence-corrected chi connectivity index (χ2v) is 10.5. The zero-order chi connectivity index (χ0) is 28.6. The summed E-state index contributed by atoms with van der Waals surface area (Å²) in [6, 6.07) is 24.5. The van der Waals surface area contributed by atoms with Crippen LogP contribution in [0.5, 0.6) is 11.5 Å². The molecule has 0 saturated carbocycles. The van der Waals surface area contributed by atoms with Gasteiger partial charge in [-0.15, -0.1) is 0 Å². The molecule has 2 aliphatic rings. The number of carbonyl (C=O) groups excluding carboxylic acids is 1. The van der Waals surface area contributed by atoms with Gasteiger partial charge in [-0.25, -0.2) is 4.79 Å². The Morgan fingerprint density at radius 3 is 2.22 bits per heavy atom. The van der Waals surface area contributed by atoms with Gasteiger partial charge in [0.25, 0.3) is 0 Å². The first kappa shape index (κ1) is 26.7. The Bertz CT molecular complexity index is 1610. The lowest BCUT2D eigenvalue weighted by Crippen LogP contribution is -2.36. The Balaban J connectivity index is 1.57. The number of hydrogen-bond donors (Lipinski definition) is 0. The predicted octanol–water partition coefficient (Wildman–Crippen LogP) is 5.89. The van der Waals surface area contributed by atoms with Gasteiger partial charge >= 0.3 is 5.97 Å².